The third kappa shape index (κ3) is 2.98. The zero-order chi connectivity index (χ0) is 15.0. The summed E-state index contributed by atoms with van der Waals surface area (Å²) in [6.45, 7) is 0. The van der Waals surface area contributed by atoms with Crippen molar-refractivity contribution in [1.29, 1.82) is 0 Å². The second-order valence-electron chi connectivity index (χ2n) is 4.51. The average Bonchev–Trinajstić information content (AvgIpc) is 2.88. The number of nitrogens with zero attached hydrogens (tertiary/aromatic N) is 3. The molecule has 1 aromatic carbocycles. The van der Waals surface area contributed by atoms with Gasteiger partial charge in [-0.15, -0.1) is 0 Å². The van der Waals surface area contributed by atoms with Gasteiger partial charge in [-0.1, -0.05) is 6.07 Å². The van der Waals surface area contributed by atoms with Crippen molar-refractivity contribution >= 4 is 31.9 Å². The van der Waals surface area contributed by atoms with E-state index in [0.717, 1.165) is 20.1 Å². The van der Waals surface area contributed by atoms with Crippen LogP contribution in [0, 0.1) is 0 Å². The molecule has 2 heterocycles. The molecule has 0 saturated heterocycles. The van der Waals surface area contributed by atoms with Crippen LogP contribution in [0.3, 0.4) is 0 Å². The molecule has 7 heteroatoms. The summed E-state index contributed by atoms with van der Waals surface area (Å²) in [4.78, 5) is 19.1. The van der Waals surface area contributed by atoms with Crippen molar-refractivity contribution < 1.29 is 0 Å². The molecule has 3 aromatic rings. The first-order valence-corrected chi connectivity index (χ1v) is 7.67. The highest BCUT2D eigenvalue weighted by molar-refractivity contribution is 9.13. The van der Waals surface area contributed by atoms with Gasteiger partial charge in [0.15, 0.2) is 0 Å². The summed E-state index contributed by atoms with van der Waals surface area (Å²) < 4.78 is 3.51. The Morgan fingerprint density at radius 3 is 2.62 bits per heavy atom. The third-order valence-electron chi connectivity index (χ3n) is 2.94. The van der Waals surface area contributed by atoms with Gasteiger partial charge in [-0.2, -0.15) is 5.10 Å². The number of aryl methyl sites for hydroxylation is 1. The van der Waals surface area contributed by atoms with Gasteiger partial charge < -0.3 is 4.98 Å². The smallest absolute Gasteiger partial charge is 0.251 e. The molecule has 0 fully saturated rings. The van der Waals surface area contributed by atoms with Crippen molar-refractivity contribution in [3.8, 4) is 22.6 Å². The highest BCUT2D eigenvalue weighted by atomic mass is 79.9. The molecule has 2 aromatic heterocycles. The molecule has 0 saturated carbocycles. The number of aromatic nitrogens is 4. The van der Waals surface area contributed by atoms with Crippen LogP contribution >= 0.6 is 31.9 Å². The molecule has 21 heavy (non-hydrogen) atoms. The Morgan fingerprint density at radius 2 is 1.95 bits per heavy atom. The van der Waals surface area contributed by atoms with E-state index in [1.54, 1.807) is 10.9 Å². The highest BCUT2D eigenvalue weighted by Gasteiger charge is 2.09. The van der Waals surface area contributed by atoms with E-state index in [0.29, 0.717) is 11.5 Å². The van der Waals surface area contributed by atoms with E-state index in [1.165, 1.54) is 6.07 Å². The van der Waals surface area contributed by atoms with E-state index in [9.17, 15) is 4.79 Å². The Labute approximate surface area is 137 Å². The zero-order valence-corrected chi connectivity index (χ0v) is 14.1. The molecule has 0 bridgehead atoms. The average molecular weight is 410 g/mol. The third-order valence-corrected chi connectivity index (χ3v) is 4.82. The Morgan fingerprint density at radius 1 is 1.14 bits per heavy atom. The van der Waals surface area contributed by atoms with Crippen LogP contribution in [-0.4, -0.2) is 19.7 Å². The molecule has 3 rings (SSSR count). The largest absolute Gasteiger partial charge is 0.306 e. The molecular formula is C14H10Br2N4O. The van der Waals surface area contributed by atoms with Gasteiger partial charge in [-0.3, -0.25) is 9.48 Å². The van der Waals surface area contributed by atoms with Gasteiger partial charge in [-0.05, 0) is 44.0 Å². The van der Waals surface area contributed by atoms with Gasteiger partial charge in [0.25, 0.3) is 5.56 Å². The van der Waals surface area contributed by atoms with Crippen molar-refractivity contribution in [3.05, 3.63) is 56.0 Å². The van der Waals surface area contributed by atoms with E-state index in [1.807, 2.05) is 31.4 Å². The first-order chi connectivity index (χ1) is 10.0. The second-order valence-corrected chi connectivity index (χ2v) is 6.22. The molecular weight excluding hydrogens is 400 g/mol. The van der Waals surface area contributed by atoms with Gasteiger partial charge in [0.05, 0.1) is 11.9 Å². The van der Waals surface area contributed by atoms with E-state index >= 15 is 0 Å². The van der Waals surface area contributed by atoms with Gasteiger partial charge in [0, 0.05) is 39.4 Å². The molecule has 0 aliphatic rings. The van der Waals surface area contributed by atoms with Crippen LogP contribution in [0.5, 0.6) is 0 Å². The summed E-state index contributed by atoms with van der Waals surface area (Å²) >= 11 is 6.87. The minimum absolute atomic E-state index is 0.196. The maximum atomic E-state index is 11.9. The number of halogens is 2. The fourth-order valence-corrected chi connectivity index (χ4v) is 2.56. The quantitative estimate of drug-likeness (QED) is 0.705. The van der Waals surface area contributed by atoms with Crippen molar-refractivity contribution in [2.45, 2.75) is 0 Å². The summed E-state index contributed by atoms with van der Waals surface area (Å²) in [6.07, 6.45) is 3.51. The highest BCUT2D eigenvalue weighted by Crippen LogP contribution is 2.28. The number of nitrogens with one attached hydrogen (secondary N) is 1. The van der Waals surface area contributed by atoms with Gasteiger partial charge in [-0.25, -0.2) is 4.98 Å². The number of rotatable bonds is 2. The molecule has 0 spiro atoms. The van der Waals surface area contributed by atoms with Crippen LogP contribution in [0.1, 0.15) is 0 Å². The van der Waals surface area contributed by atoms with Crippen molar-refractivity contribution in [3.63, 3.8) is 0 Å². The van der Waals surface area contributed by atoms with Crippen LogP contribution < -0.4 is 5.56 Å². The maximum absolute atomic E-state index is 11.9. The standard InChI is InChI=1S/C14H10Br2N4O/c1-20-7-9(6-17-20)12-5-13(21)19-14(18-12)8-2-3-10(15)11(16)4-8/h2-7H,1H3,(H,18,19,21). The Bertz CT molecular complexity index is 869. The topological polar surface area (TPSA) is 63.6 Å². The summed E-state index contributed by atoms with van der Waals surface area (Å²) in [6, 6.07) is 7.15. The lowest BCUT2D eigenvalue weighted by atomic mass is 10.2. The minimum atomic E-state index is -0.196. The van der Waals surface area contributed by atoms with Crippen molar-refractivity contribution in [2.75, 3.05) is 0 Å². The first-order valence-electron chi connectivity index (χ1n) is 6.09. The molecule has 1 N–H and O–H groups in total. The van der Waals surface area contributed by atoms with Crippen LogP contribution in [0.15, 0.2) is 50.4 Å². The first kappa shape index (κ1) is 14.2. The second kappa shape index (κ2) is 5.57. The Balaban J connectivity index is 2.13. The number of aromatic amines is 1. The molecule has 0 aliphatic carbocycles. The summed E-state index contributed by atoms with van der Waals surface area (Å²) in [5.41, 5.74) is 2.03. The lowest BCUT2D eigenvalue weighted by Gasteiger charge is -2.05. The maximum Gasteiger partial charge on any atom is 0.251 e. The fourth-order valence-electron chi connectivity index (χ4n) is 1.94. The molecule has 106 valence electrons. The van der Waals surface area contributed by atoms with Crippen LogP contribution in [0.4, 0.5) is 0 Å². The lowest BCUT2D eigenvalue weighted by Crippen LogP contribution is -2.08. The number of benzene rings is 1. The lowest BCUT2D eigenvalue weighted by molar-refractivity contribution is 0.768. The monoisotopic (exact) mass is 408 g/mol. The zero-order valence-electron chi connectivity index (χ0n) is 11.0. The molecule has 0 unspecified atom stereocenters. The van der Waals surface area contributed by atoms with E-state index in [2.05, 4.69) is 46.9 Å². The molecule has 0 aliphatic heterocycles. The van der Waals surface area contributed by atoms with Crippen molar-refractivity contribution in [1.82, 2.24) is 19.7 Å². The summed E-state index contributed by atoms with van der Waals surface area (Å²) in [5.74, 6) is 0.523. The SMILES string of the molecule is Cn1cc(-c2cc(=O)[nH]c(-c3ccc(Br)c(Br)c3)n2)cn1. The van der Waals surface area contributed by atoms with E-state index in [-0.39, 0.29) is 5.56 Å². The Kier molecular flexibility index (Phi) is 3.77. The van der Waals surface area contributed by atoms with Crippen LogP contribution in [0.2, 0.25) is 0 Å². The molecule has 0 amide bonds. The summed E-state index contributed by atoms with van der Waals surface area (Å²) in [7, 11) is 1.82. The van der Waals surface area contributed by atoms with Crippen LogP contribution in [0.25, 0.3) is 22.6 Å². The van der Waals surface area contributed by atoms with Gasteiger partial charge in [0.1, 0.15) is 5.82 Å². The number of hydrogen-bond acceptors (Lipinski definition) is 3. The number of hydrogen-bond donors (Lipinski definition) is 1. The van der Waals surface area contributed by atoms with E-state index in [4.69, 9.17) is 0 Å². The molecule has 0 atom stereocenters. The predicted molar refractivity (Wildman–Crippen MR) is 87.9 cm³/mol. The van der Waals surface area contributed by atoms with E-state index < -0.39 is 0 Å². The fraction of sp³-hybridized carbons (Fsp3) is 0.0714. The van der Waals surface area contributed by atoms with Crippen molar-refractivity contribution in [2.24, 2.45) is 7.05 Å². The Hall–Kier alpha value is -1.73. The normalized spacial score (nSPS) is 10.8. The minimum Gasteiger partial charge on any atom is -0.306 e. The molecule has 5 nitrogen and oxygen atoms in total. The summed E-state index contributed by atoms with van der Waals surface area (Å²) in [5, 5.41) is 4.10. The predicted octanol–water partition coefficient (Wildman–Crippen LogP) is 3.36. The van der Waals surface area contributed by atoms with Gasteiger partial charge >= 0.3 is 0 Å². The number of H-pyrrole nitrogens is 1. The van der Waals surface area contributed by atoms with Gasteiger partial charge in [0.2, 0.25) is 0 Å². The molecule has 0 radical (unpaired) electrons. The van der Waals surface area contributed by atoms with Crippen LogP contribution in [-0.2, 0) is 7.05 Å².